The predicted octanol–water partition coefficient (Wildman–Crippen LogP) is -0.131. The fourth-order valence-electron chi connectivity index (χ4n) is 2.97. The summed E-state index contributed by atoms with van der Waals surface area (Å²) in [5, 5.41) is 27.3. The zero-order valence-electron chi connectivity index (χ0n) is 13.8. The van der Waals surface area contributed by atoms with E-state index in [1.807, 2.05) is 13.2 Å². The van der Waals surface area contributed by atoms with Gasteiger partial charge in [0.1, 0.15) is 5.54 Å². The molecule has 1 fully saturated rings. The number of carboxylic acid groups (broad SMARTS) is 1. The summed E-state index contributed by atoms with van der Waals surface area (Å²) in [6, 6.07) is 0. The van der Waals surface area contributed by atoms with Gasteiger partial charge in [-0.3, -0.25) is 9.59 Å². The summed E-state index contributed by atoms with van der Waals surface area (Å²) in [5.41, 5.74) is 4.61. The topological polar surface area (TPSA) is 124 Å². The third kappa shape index (κ3) is 5.37. The average molecular weight is 346 g/mol. The normalized spacial score (nSPS) is 25.4. The summed E-state index contributed by atoms with van der Waals surface area (Å²) in [5.74, 6) is -0.821. The summed E-state index contributed by atoms with van der Waals surface area (Å²) in [6.07, 6.45) is 3.81. The van der Waals surface area contributed by atoms with Gasteiger partial charge in [-0.15, -0.1) is 0 Å². The van der Waals surface area contributed by atoms with Crippen molar-refractivity contribution in [2.24, 2.45) is 17.6 Å². The Kier molecular flexibility index (Phi) is 7.86. The average Bonchev–Trinajstić information content (AvgIpc) is 2.82. The second kappa shape index (κ2) is 8.91. The van der Waals surface area contributed by atoms with Crippen LogP contribution in [0.5, 0.6) is 0 Å². The van der Waals surface area contributed by atoms with Crippen LogP contribution in [-0.4, -0.2) is 69.7 Å². The van der Waals surface area contributed by atoms with Gasteiger partial charge in [-0.2, -0.15) is 11.8 Å². The molecule has 1 heterocycles. The van der Waals surface area contributed by atoms with Crippen molar-refractivity contribution in [2.45, 2.75) is 38.0 Å². The molecule has 0 aromatic heterocycles. The molecule has 7 nitrogen and oxygen atoms in total. The molecule has 0 spiro atoms. The first-order valence-electron chi connectivity index (χ1n) is 7.88. The van der Waals surface area contributed by atoms with E-state index in [-0.39, 0.29) is 30.6 Å². The zero-order chi connectivity index (χ0) is 17.6. The largest absolute Gasteiger partial charge is 0.480 e. The number of nitrogens with two attached hydrogens (primary N) is 1. The lowest BCUT2D eigenvalue weighted by Crippen LogP contribution is -2.55. The van der Waals surface area contributed by atoms with Gasteiger partial charge in [0.15, 0.2) is 0 Å². The summed E-state index contributed by atoms with van der Waals surface area (Å²) < 4.78 is 0. The van der Waals surface area contributed by atoms with Gasteiger partial charge in [0, 0.05) is 24.9 Å². The minimum Gasteiger partial charge on any atom is -0.480 e. The lowest BCUT2D eigenvalue weighted by atomic mass is 9.78. The molecule has 0 saturated carbocycles. The number of nitrogens with zero attached hydrogens (tertiary/aromatic N) is 1. The van der Waals surface area contributed by atoms with E-state index in [9.17, 15) is 14.7 Å². The van der Waals surface area contributed by atoms with Gasteiger partial charge in [-0.1, -0.05) is 13.3 Å². The van der Waals surface area contributed by atoms with Crippen LogP contribution in [0.25, 0.3) is 0 Å². The van der Waals surface area contributed by atoms with Gasteiger partial charge in [0.2, 0.25) is 5.91 Å². The molecule has 0 aliphatic carbocycles. The van der Waals surface area contributed by atoms with Crippen molar-refractivity contribution in [3.63, 3.8) is 0 Å². The Hall–Kier alpha value is -0.765. The molecule has 1 aliphatic heterocycles. The molecule has 1 saturated heterocycles. The van der Waals surface area contributed by atoms with Crippen LogP contribution in [0.4, 0.5) is 0 Å². The molecule has 0 unspecified atom stereocenters. The van der Waals surface area contributed by atoms with E-state index in [4.69, 9.17) is 15.8 Å². The summed E-state index contributed by atoms with van der Waals surface area (Å²) in [6.45, 7) is 2.18. The molecule has 0 bridgehead atoms. The number of carbonyl (C=O) groups excluding carboxylic acids is 1. The Labute approximate surface area is 141 Å². The van der Waals surface area contributed by atoms with Crippen LogP contribution in [0.3, 0.4) is 0 Å². The number of carboxylic acids is 1. The van der Waals surface area contributed by atoms with E-state index in [1.165, 1.54) is 0 Å². The molecule has 132 valence electrons. The summed E-state index contributed by atoms with van der Waals surface area (Å²) in [4.78, 5) is 25.6. The first-order valence-corrected chi connectivity index (χ1v) is 9.28. The van der Waals surface area contributed by atoms with Crippen LogP contribution in [-0.2, 0) is 9.59 Å². The minimum absolute atomic E-state index is 0.0110. The maximum Gasteiger partial charge on any atom is 0.451 e. The number of hydrogen-bond acceptors (Lipinski definition) is 6. The van der Waals surface area contributed by atoms with E-state index in [0.717, 1.165) is 12.2 Å². The molecular formula is C14H27BN2O5S. The van der Waals surface area contributed by atoms with Crippen LogP contribution >= 0.6 is 11.8 Å². The van der Waals surface area contributed by atoms with Crippen LogP contribution in [0.2, 0.25) is 6.32 Å². The van der Waals surface area contributed by atoms with Crippen molar-refractivity contribution in [1.29, 1.82) is 0 Å². The molecule has 1 rings (SSSR count). The van der Waals surface area contributed by atoms with Crippen molar-refractivity contribution in [2.75, 3.05) is 25.1 Å². The maximum absolute atomic E-state index is 12.5. The minimum atomic E-state index is -1.46. The standard InChI is InChI=1S/C14H27BN2O5S/c1-10(5-7-23-2)12(18)17-8-11(4-3-6-15(21)22)14(16,9-17)13(19)20/h10-11,21-22H,3-9,16H2,1-2H3,(H,19,20)/t10-,11-,14-/m0/s1. The number of aliphatic carboxylic acids is 1. The second-order valence-electron chi connectivity index (χ2n) is 6.36. The summed E-state index contributed by atoms with van der Waals surface area (Å²) in [7, 11) is -1.40. The number of rotatable bonds is 9. The molecule has 5 N–H and O–H groups in total. The van der Waals surface area contributed by atoms with Crippen molar-refractivity contribution < 1.29 is 24.7 Å². The van der Waals surface area contributed by atoms with E-state index >= 15 is 0 Å². The zero-order valence-corrected chi connectivity index (χ0v) is 14.6. The first-order chi connectivity index (χ1) is 10.7. The highest BCUT2D eigenvalue weighted by atomic mass is 32.2. The van der Waals surface area contributed by atoms with Crippen LogP contribution in [0.1, 0.15) is 26.2 Å². The fraction of sp³-hybridized carbons (Fsp3) is 0.857. The van der Waals surface area contributed by atoms with Crippen molar-refractivity contribution in [3.8, 4) is 0 Å². The van der Waals surface area contributed by atoms with Crippen molar-refractivity contribution >= 4 is 30.8 Å². The monoisotopic (exact) mass is 346 g/mol. The Morgan fingerprint density at radius 2 is 2.13 bits per heavy atom. The van der Waals surface area contributed by atoms with E-state index in [1.54, 1.807) is 16.7 Å². The van der Waals surface area contributed by atoms with Gasteiger partial charge in [-0.25, -0.2) is 0 Å². The molecule has 0 aromatic carbocycles. The lowest BCUT2D eigenvalue weighted by Gasteiger charge is -2.25. The van der Waals surface area contributed by atoms with Gasteiger partial charge in [0.05, 0.1) is 0 Å². The molecule has 23 heavy (non-hydrogen) atoms. The molecule has 9 heteroatoms. The van der Waals surface area contributed by atoms with Crippen molar-refractivity contribution in [1.82, 2.24) is 4.90 Å². The van der Waals surface area contributed by atoms with Gasteiger partial charge in [-0.05, 0) is 31.2 Å². The highest BCUT2D eigenvalue weighted by molar-refractivity contribution is 7.98. The van der Waals surface area contributed by atoms with Crippen LogP contribution in [0.15, 0.2) is 0 Å². The third-order valence-corrected chi connectivity index (χ3v) is 5.17. The first kappa shape index (κ1) is 20.3. The Morgan fingerprint density at radius 1 is 1.48 bits per heavy atom. The quantitative estimate of drug-likeness (QED) is 0.429. The van der Waals surface area contributed by atoms with E-state index in [2.05, 4.69) is 0 Å². The Bertz CT molecular complexity index is 426. The molecule has 0 aromatic rings. The molecular weight excluding hydrogens is 319 g/mol. The lowest BCUT2D eigenvalue weighted by molar-refractivity contribution is -0.144. The van der Waals surface area contributed by atoms with Crippen LogP contribution in [0, 0.1) is 11.8 Å². The molecule has 3 atom stereocenters. The third-order valence-electron chi connectivity index (χ3n) is 4.52. The van der Waals surface area contributed by atoms with E-state index in [0.29, 0.717) is 19.4 Å². The predicted molar refractivity (Wildman–Crippen MR) is 91.0 cm³/mol. The highest BCUT2D eigenvalue weighted by Gasteiger charge is 2.50. The smallest absolute Gasteiger partial charge is 0.451 e. The molecule has 1 aliphatic rings. The van der Waals surface area contributed by atoms with Gasteiger partial charge >= 0.3 is 13.1 Å². The molecule has 1 amide bonds. The van der Waals surface area contributed by atoms with E-state index < -0.39 is 18.6 Å². The maximum atomic E-state index is 12.5. The summed E-state index contributed by atoms with van der Waals surface area (Å²) >= 11 is 1.67. The number of amides is 1. The highest BCUT2D eigenvalue weighted by Crippen LogP contribution is 2.31. The van der Waals surface area contributed by atoms with Gasteiger partial charge in [0.25, 0.3) is 0 Å². The SMILES string of the molecule is CSCC[C@H](C)C(=O)N1C[C@H](CCCB(O)O)[C@](N)(C(=O)O)C1. The Balaban J connectivity index is 2.71. The molecule has 0 radical (unpaired) electrons. The van der Waals surface area contributed by atoms with Gasteiger partial charge < -0.3 is 25.8 Å². The number of hydrogen-bond donors (Lipinski definition) is 4. The Morgan fingerprint density at radius 3 is 2.65 bits per heavy atom. The number of carbonyl (C=O) groups is 2. The number of thioether (sulfide) groups is 1. The van der Waals surface area contributed by atoms with Crippen LogP contribution < -0.4 is 5.73 Å². The van der Waals surface area contributed by atoms with Crippen molar-refractivity contribution in [3.05, 3.63) is 0 Å². The fourth-order valence-corrected chi connectivity index (χ4v) is 3.56. The second-order valence-corrected chi connectivity index (χ2v) is 7.34. The number of likely N-dealkylation sites (tertiary alicyclic amines) is 1.